The van der Waals surface area contributed by atoms with Crippen LogP contribution in [0.15, 0.2) is 34.9 Å². The molecular weight excluding hydrogens is 320 g/mol. The van der Waals surface area contributed by atoms with Gasteiger partial charge in [0.1, 0.15) is 0 Å². The minimum atomic E-state index is -0.629. The van der Waals surface area contributed by atoms with Crippen LogP contribution in [0, 0.1) is 5.41 Å². The molecule has 0 saturated carbocycles. The third-order valence-corrected chi connectivity index (χ3v) is 3.87. The van der Waals surface area contributed by atoms with Crippen molar-refractivity contribution in [3.63, 3.8) is 0 Å². The smallest absolute Gasteiger partial charge is 0.315 e. The normalized spacial score (nSPS) is 14.0. The average molecular weight is 346 g/mol. The highest BCUT2D eigenvalue weighted by Crippen LogP contribution is 2.18. The minimum Gasteiger partial charge on any atom is -0.391 e. The number of urea groups is 1. The predicted molar refractivity (Wildman–Crippen MR) is 94.0 cm³/mol. The van der Waals surface area contributed by atoms with Gasteiger partial charge < -0.3 is 20.3 Å². The van der Waals surface area contributed by atoms with E-state index in [1.165, 1.54) is 0 Å². The number of aliphatic hydroxyl groups is 1. The Labute approximate surface area is 147 Å². The molecule has 2 amide bonds. The Bertz CT molecular complexity index is 679. The second-order valence-electron chi connectivity index (χ2n) is 7.17. The van der Waals surface area contributed by atoms with Gasteiger partial charge in [0.05, 0.1) is 18.6 Å². The van der Waals surface area contributed by atoms with Crippen LogP contribution in [0.25, 0.3) is 0 Å². The summed E-state index contributed by atoms with van der Waals surface area (Å²) in [7, 11) is 0. The number of nitrogens with one attached hydrogen (secondary N) is 2. The van der Waals surface area contributed by atoms with Crippen LogP contribution in [0.1, 0.15) is 51.0 Å². The van der Waals surface area contributed by atoms with Gasteiger partial charge in [0.15, 0.2) is 5.82 Å². The molecule has 0 aliphatic heterocycles. The van der Waals surface area contributed by atoms with Crippen LogP contribution in [-0.4, -0.2) is 33.9 Å². The Morgan fingerprint density at radius 3 is 2.60 bits per heavy atom. The lowest BCUT2D eigenvalue weighted by Crippen LogP contribution is -2.44. The molecule has 0 spiro atoms. The molecule has 0 aliphatic carbocycles. The summed E-state index contributed by atoms with van der Waals surface area (Å²) in [6, 6.07) is 9.04. The standard InChI is InChI=1S/C18H26N4O3/c1-12(20-17(24)19-11-14(23)18(2,3)4)16-21-15(25-22-16)10-13-8-6-5-7-9-13/h5-9,12,14,23H,10-11H2,1-4H3,(H2,19,20,24). The minimum absolute atomic E-state index is 0.174. The van der Waals surface area contributed by atoms with E-state index in [0.717, 1.165) is 5.56 Å². The highest BCUT2D eigenvalue weighted by Gasteiger charge is 2.23. The molecular formula is C18H26N4O3. The number of carbonyl (C=O) groups is 1. The Hall–Kier alpha value is -2.41. The second kappa shape index (κ2) is 8.11. The lowest BCUT2D eigenvalue weighted by atomic mass is 9.89. The number of rotatable bonds is 6. The molecule has 0 bridgehead atoms. The van der Waals surface area contributed by atoms with Crippen LogP contribution in [-0.2, 0) is 6.42 Å². The number of amides is 2. The molecule has 0 aliphatic rings. The Morgan fingerprint density at radius 2 is 1.96 bits per heavy atom. The SMILES string of the molecule is CC(NC(=O)NCC(O)C(C)(C)C)c1noc(Cc2ccccc2)n1. The summed E-state index contributed by atoms with van der Waals surface area (Å²) in [5.41, 5.74) is 0.783. The topological polar surface area (TPSA) is 100 Å². The third-order valence-electron chi connectivity index (χ3n) is 3.87. The maximum Gasteiger partial charge on any atom is 0.315 e. The molecule has 1 aromatic carbocycles. The molecule has 2 unspecified atom stereocenters. The van der Waals surface area contributed by atoms with Crippen LogP contribution in [0.4, 0.5) is 4.79 Å². The molecule has 2 rings (SSSR count). The van der Waals surface area contributed by atoms with Crippen LogP contribution >= 0.6 is 0 Å². The largest absolute Gasteiger partial charge is 0.391 e. The van der Waals surface area contributed by atoms with E-state index in [1.807, 2.05) is 51.1 Å². The first-order valence-electron chi connectivity index (χ1n) is 8.34. The lowest BCUT2D eigenvalue weighted by molar-refractivity contribution is 0.0649. The number of benzene rings is 1. The molecule has 2 aromatic rings. The number of aromatic nitrogens is 2. The number of aliphatic hydroxyl groups excluding tert-OH is 1. The molecule has 7 nitrogen and oxygen atoms in total. The van der Waals surface area contributed by atoms with Gasteiger partial charge in [0.2, 0.25) is 5.89 Å². The van der Waals surface area contributed by atoms with Crippen molar-refractivity contribution in [1.29, 1.82) is 0 Å². The number of nitrogens with zero attached hydrogens (tertiary/aromatic N) is 2. The van der Waals surface area contributed by atoms with Crippen molar-refractivity contribution in [1.82, 2.24) is 20.8 Å². The summed E-state index contributed by atoms with van der Waals surface area (Å²) in [6.07, 6.45) is -0.0824. The summed E-state index contributed by atoms with van der Waals surface area (Å²) in [6.45, 7) is 7.68. The quantitative estimate of drug-likeness (QED) is 0.746. The number of hydrogen-bond donors (Lipinski definition) is 3. The molecule has 0 saturated heterocycles. The van der Waals surface area contributed by atoms with E-state index >= 15 is 0 Å². The van der Waals surface area contributed by atoms with Crippen molar-refractivity contribution in [2.45, 2.75) is 46.3 Å². The van der Waals surface area contributed by atoms with Crippen molar-refractivity contribution in [3.8, 4) is 0 Å². The Balaban J connectivity index is 1.84. The summed E-state index contributed by atoms with van der Waals surface area (Å²) >= 11 is 0. The summed E-state index contributed by atoms with van der Waals surface area (Å²) < 4.78 is 5.24. The fraction of sp³-hybridized carbons (Fsp3) is 0.500. The van der Waals surface area contributed by atoms with E-state index < -0.39 is 12.1 Å². The molecule has 136 valence electrons. The van der Waals surface area contributed by atoms with Gasteiger partial charge in [-0.05, 0) is 17.9 Å². The van der Waals surface area contributed by atoms with Crippen LogP contribution in [0.3, 0.4) is 0 Å². The maximum absolute atomic E-state index is 11.9. The Morgan fingerprint density at radius 1 is 1.28 bits per heavy atom. The van der Waals surface area contributed by atoms with Crippen molar-refractivity contribution < 1.29 is 14.4 Å². The second-order valence-corrected chi connectivity index (χ2v) is 7.17. The maximum atomic E-state index is 11.9. The first-order valence-corrected chi connectivity index (χ1v) is 8.34. The molecule has 1 aromatic heterocycles. The zero-order valence-corrected chi connectivity index (χ0v) is 15.1. The van der Waals surface area contributed by atoms with Gasteiger partial charge in [0.25, 0.3) is 0 Å². The molecule has 7 heteroatoms. The van der Waals surface area contributed by atoms with Crippen LogP contribution in [0.5, 0.6) is 0 Å². The van der Waals surface area contributed by atoms with Crippen molar-refractivity contribution >= 4 is 6.03 Å². The average Bonchev–Trinajstić information content (AvgIpc) is 3.01. The van der Waals surface area contributed by atoms with Gasteiger partial charge in [-0.15, -0.1) is 0 Å². The molecule has 2 atom stereocenters. The third kappa shape index (κ3) is 5.86. The van der Waals surface area contributed by atoms with E-state index in [4.69, 9.17) is 4.52 Å². The summed E-state index contributed by atoms with van der Waals surface area (Å²) in [4.78, 5) is 16.3. The van der Waals surface area contributed by atoms with Gasteiger partial charge >= 0.3 is 6.03 Å². The molecule has 1 heterocycles. The summed E-state index contributed by atoms with van der Waals surface area (Å²) in [5.74, 6) is 0.913. The first-order chi connectivity index (χ1) is 11.8. The highest BCUT2D eigenvalue weighted by molar-refractivity contribution is 5.74. The van der Waals surface area contributed by atoms with Gasteiger partial charge in [-0.1, -0.05) is 56.3 Å². The first kappa shape index (κ1) is 18.9. The van der Waals surface area contributed by atoms with Crippen LogP contribution < -0.4 is 10.6 Å². The van der Waals surface area contributed by atoms with Gasteiger partial charge in [-0.25, -0.2) is 4.79 Å². The monoisotopic (exact) mass is 346 g/mol. The van der Waals surface area contributed by atoms with E-state index in [1.54, 1.807) is 6.92 Å². The van der Waals surface area contributed by atoms with E-state index in [2.05, 4.69) is 20.8 Å². The van der Waals surface area contributed by atoms with Gasteiger partial charge in [-0.3, -0.25) is 0 Å². The van der Waals surface area contributed by atoms with Crippen LogP contribution in [0.2, 0.25) is 0 Å². The van der Waals surface area contributed by atoms with Crippen molar-refractivity contribution in [3.05, 3.63) is 47.6 Å². The predicted octanol–water partition coefficient (Wildman–Crippen LogP) is 2.43. The molecule has 0 fully saturated rings. The fourth-order valence-corrected chi connectivity index (χ4v) is 2.09. The lowest BCUT2D eigenvalue weighted by Gasteiger charge is -2.26. The van der Waals surface area contributed by atoms with E-state index in [9.17, 15) is 9.90 Å². The zero-order chi connectivity index (χ0) is 18.4. The number of hydrogen-bond acceptors (Lipinski definition) is 5. The highest BCUT2D eigenvalue weighted by atomic mass is 16.5. The van der Waals surface area contributed by atoms with Crippen molar-refractivity contribution in [2.75, 3.05) is 6.54 Å². The molecule has 0 radical (unpaired) electrons. The number of carbonyl (C=O) groups excluding carboxylic acids is 1. The molecule has 25 heavy (non-hydrogen) atoms. The Kier molecular flexibility index (Phi) is 6.14. The molecule has 3 N–H and O–H groups in total. The zero-order valence-electron chi connectivity index (χ0n) is 15.1. The fourth-order valence-electron chi connectivity index (χ4n) is 2.09. The van der Waals surface area contributed by atoms with E-state index in [0.29, 0.717) is 18.1 Å². The van der Waals surface area contributed by atoms with Crippen molar-refractivity contribution in [2.24, 2.45) is 5.41 Å². The van der Waals surface area contributed by atoms with Gasteiger partial charge in [-0.2, -0.15) is 4.98 Å². The summed E-state index contributed by atoms with van der Waals surface area (Å²) in [5, 5.41) is 19.3. The van der Waals surface area contributed by atoms with E-state index in [-0.39, 0.29) is 18.0 Å². The van der Waals surface area contributed by atoms with Gasteiger partial charge in [0, 0.05) is 6.54 Å².